The van der Waals surface area contributed by atoms with Gasteiger partial charge in [0, 0.05) is 25.2 Å². The van der Waals surface area contributed by atoms with E-state index in [-0.39, 0.29) is 11.8 Å². The van der Waals surface area contributed by atoms with Crippen LogP contribution in [0.15, 0.2) is 42.5 Å². The van der Waals surface area contributed by atoms with Gasteiger partial charge in [-0.25, -0.2) is 4.98 Å². The molecule has 0 bridgehead atoms. The second kappa shape index (κ2) is 9.05. The van der Waals surface area contributed by atoms with Crippen LogP contribution in [-0.4, -0.2) is 55.7 Å². The minimum absolute atomic E-state index is 0.113. The number of carbonyl (C=O) groups excluding carboxylic acids is 2. The lowest BCUT2D eigenvalue weighted by molar-refractivity contribution is -0.122. The van der Waals surface area contributed by atoms with Gasteiger partial charge in [0.15, 0.2) is 0 Å². The van der Waals surface area contributed by atoms with Gasteiger partial charge in [0.2, 0.25) is 5.91 Å². The van der Waals surface area contributed by atoms with Crippen molar-refractivity contribution >= 4 is 17.6 Å². The number of benzene rings is 1. The van der Waals surface area contributed by atoms with Gasteiger partial charge in [-0.2, -0.15) is 0 Å². The van der Waals surface area contributed by atoms with Crippen LogP contribution in [0.25, 0.3) is 11.3 Å². The Kier molecular flexibility index (Phi) is 6.05. The number of rotatable bonds is 4. The average Bonchev–Trinajstić information content (AvgIpc) is 2.98. The Labute approximate surface area is 170 Å². The highest BCUT2D eigenvalue weighted by atomic mass is 16.5. The summed E-state index contributed by atoms with van der Waals surface area (Å²) in [5, 5.41) is 5.78. The molecule has 152 valence electrons. The number of aromatic nitrogens is 1. The van der Waals surface area contributed by atoms with Crippen LogP contribution in [0.2, 0.25) is 0 Å². The molecule has 1 aromatic heterocycles. The monoisotopic (exact) mass is 394 g/mol. The number of ether oxygens (including phenoxy) is 1. The van der Waals surface area contributed by atoms with Gasteiger partial charge in [0.05, 0.1) is 24.5 Å². The van der Waals surface area contributed by atoms with Crippen molar-refractivity contribution in [3.8, 4) is 11.3 Å². The molecule has 0 radical (unpaired) electrons. The molecule has 3 heterocycles. The predicted octanol–water partition coefficient (Wildman–Crippen LogP) is 1.98. The van der Waals surface area contributed by atoms with Crippen molar-refractivity contribution in [1.82, 2.24) is 15.6 Å². The average molecular weight is 394 g/mol. The van der Waals surface area contributed by atoms with Crippen molar-refractivity contribution in [2.45, 2.75) is 25.3 Å². The fraction of sp³-hybridized carbons (Fsp3) is 0.409. The molecule has 0 aliphatic carbocycles. The van der Waals surface area contributed by atoms with Crippen LogP contribution in [0, 0.1) is 0 Å². The van der Waals surface area contributed by atoms with Crippen molar-refractivity contribution in [3.05, 3.63) is 48.0 Å². The number of pyridine rings is 1. The van der Waals surface area contributed by atoms with E-state index in [2.05, 4.69) is 15.5 Å². The maximum absolute atomic E-state index is 13.1. The third-order valence-electron chi connectivity index (χ3n) is 5.34. The zero-order valence-corrected chi connectivity index (χ0v) is 16.4. The summed E-state index contributed by atoms with van der Waals surface area (Å²) < 4.78 is 5.46. The highest BCUT2D eigenvalue weighted by molar-refractivity contribution is 6.01. The lowest BCUT2D eigenvalue weighted by Crippen LogP contribution is -2.46. The van der Waals surface area contributed by atoms with Gasteiger partial charge in [-0.3, -0.25) is 9.59 Å². The molecule has 7 nitrogen and oxygen atoms in total. The van der Waals surface area contributed by atoms with Gasteiger partial charge in [-0.15, -0.1) is 0 Å². The van der Waals surface area contributed by atoms with Crippen LogP contribution in [0.4, 0.5) is 5.82 Å². The van der Waals surface area contributed by atoms with Crippen LogP contribution in [0.5, 0.6) is 0 Å². The van der Waals surface area contributed by atoms with E-state index >= 15 is 0 Å². The molecule has 2 aliphatic rings. The summed E-state index contributed by atoms with van der Waals surface area (Å²) in [7, 11) is 0. The number of morpholine rings is 1. The Morgan fingerprint density at radius 2 is 1.90 bits per heavy atom. The topological polar surface area (TPSA) is 83.6 Å². The van der Waals surface area contributed by atoms with Crippen molar-refractivity contribution in [1.29, 1.82) is 0 Å². The largest absolute Gasteiger partial charge is 0.378 e. The van der Waals surface area contributed by atoms with Crippen molar-refractivity contribution in [3.63, 3.8) is 0 Å². The number of anilines is 1. The zero-order valence-electron chi connectivity index (χ0n) is 16.4. The minimum atomic E-state index is -0.503. The molecule has 1 atom stereocenters. The first-order valence-electron chi connectivity index (χ1n) is 10.2. The van der Waals surface area contributed by atoms with Gasteiger partial charge in [0.1, 0.15) is 11.9 Å². The summed E-state index contributed by atoms with van der Waals surface area (Å²) in [6.07, 6.45) is 2.50. The van der Waals surface area contributed by atoms with E-state index in [9.17, 15) is 9.59 Å². The highest BCUT2D eigenvalue weighted by Crippen LogP contribution is 2.25. The number of carbonyl (C=O) groups is 2. The molecular formula is C22H26N4O3. The zero-order chi connectivity index (χ0) is 20.1. The lowest BCUT2D eigenvalue weighted by atomic mass is 10.1. The van der Waals surface area contributed by atoms with Crippen molar-refractivity contribution in [2.24, 2.45) is 0 Å². The molecule has 2 aromatic rings. The highest BCUT2D eigenvalue weighted by Gasteiger charge is 2.26. The molecule has 0 spiro atoms. The maximum atomic E-state index is 13.1. The van der Waals surface area contributed by atoms with Crippen molar-refractivity contribution in [2.75, 3.05) is 37.7 Å². The molecule has 4 rings (SSSR count). The maximum Gasteiger partial charge on any atom is 0.255 e. The molecule has 2 fully saturated rings. The number of nitrogens with one attached hydrogen (secondary N) is 2. The summed E-state index contributed by atoms with van der Waals surface area (Å²) >= 11 is 0. The summed E-state index contributed by atoms with van der Waals surface area (Å²) in [6.45, 7) is 3.22. The SMILES string of the molecule is O=C(N[C@H]1CCCCNC1=O)c1ccc(-c2ccccc2)nc1N1CCOCC1. The molecule has 2 aliphatic heterocycles. The third kappa shape index (κ3) is 4.56. The molecule has 2 saturated heterocycles. The van der Waals surface area contributed by atoms with E-state index < -0.39 is 6.04 Å². The molecule has 29 heavy (non-hydrogen) atoms. The Morgan fingerprint density at radius 3 is 2.69 bits per heavy atom. The lowest BCUT2D eigenvalue weighted by Gasteiger charge is -2.30. The molecule has 2 N–H and O–H groups in total. The Balaban J connectivity index is 1.64. The summed E-state index contributed by atoms with van der Waals surface area (Å²) in [4.78, 5) is 32.2. The Bertz CT molecular complexity index is 866. The summed E-state index contributed by atoms with van der Waals surface area (Å²) in [5.41, 5.74) is 2.30. The van der Waals surface area contributed by atoms with Crippen LogP contribution in [0.3, 0.4) is 0 Å². The van der Waals surface area contributed by atoms with Gasteiger partial charge in [-0.05, 0) is 31.4 Å². The first-order valence-corrected chi connectivity index (χ1v) is 10.2. The fourth-order valence-electron chi connectivity index (χ4n) is 3.72. The predicted molar refractivity (Wildman–Crippen MR) is 111 cm³/mol. The van der Waals surface area contributed by atoms with Gasteiger partial charge in [0.25, 0.3) is 5.91 Å². The quantitative estimate of drug-likeness (QED) is 0.829. The van der Waals surface area contributed by atoms with Crippen molar-refractivity contribution < 1.29 is 14.3 Å². The van der Waals surface area contributed by atoms with E-state index in [4.69, 9.17) is 9.72 Å². The summed E-state index contributed by atoms with van der Waals surface area (Å²) in [6, 6.07) is 13.1. The first-order chi connectivity index (χ1) is 14.2. The van der Waals surface area contributed by atoms with Crippen LogP contribution >= 0.6 is 0 Å². The molecule has 7 heteroatoms. The third-order valence-corrected chi connectivity index (χ3v) is 5.34. The number of hydrogen-bond acceptors (Lipinski definition) is 5. The molecular weight excluding hydrogens is 368 g/mol. The summed E-state index contributed by atoms with van der Waals surface area (Å²) in [5.74, 6) is 0.263. The molecule has 2 amide bonds. The minimum Gasteiger partial charge on any atom is -0.378 e. The number of nitrogens with zero attached hydrogens (tertiary/aromatic N) is 2. The molecule has 0 saturated carbocycles. The van der Waals surface area contributed by atoms with E-state index in [1.807, 2.05) is 42.5 Å². The smallest absolute Gasteiger partial charge is 0.255 e. The Hall–Kier alpha value is -2.93. The first kappa shape index (κ1) is 19.4. The molecule has 1 aromatic carbocycles. The standard InChI is InChI=1S/C22H26N4O3/c27-21(25-19-8-4-5-11-23-22(19)28)17-9-10-18(16-6-2-1-3-7-16)24-20(17)26-12-14-29-15-13-26/h1-3,6-7,9-10,19H,4-5,8,11-15H2,(H,23,28)(H,25,27)/t19-/m0/s1. The van der Waals surface area contributed by atoms with Crippen LogP contribution in [-0.2, 0) is 9.53 Å². The fourth-order valence-corrected chi connectivity index (χ4v) is 3.72. The van der Waals surface area contributed by atoms with Gasteiger partial charge >= 0.3 is 0 Å². The van der Waals surface area contributed by atoms with E-state index in [0.29, 0.717) is 50.7 Å². The number of hydrogen-bond donors (Lipinski definition) is 2. The van der Waals surface area contributed by atoms with Crippen LogP contribution < -0.4 is 15.5 Å². The Morgan fingerprint density at radius 1 is 1.10 bits per heavy atom. The second-order valence-electron chi connectivity index (χ2n) is 7.35. The van der Waals surface area contributed by atoms with Crippen LogP contribution in [0.1, 0.15) is 29.6 Å². The second-order valence-corrected chi connectivity index (χ2v) is 7.35. The van der Waals surface area contributed by atoms with E-state index in [1.165, 1.54) is 0 Å². The molecule has 0 unspecified atom stereocenters. The number of amides is 2. The normalized spacial score (nSPS) is 19.9. The van der Waals surface area contributed by atoms with Gasteiger partial charge in [-0.1, -0.05) is 30.3 Å². The van der Waals surface area contributed by atoms with Gasteiger partial charge < -0.3 is 20.3 Å². The van der Waals surface area contributed by atoms with E-state index in [0.717, 1.165) is 24.1 Å². The van der Waals surface area contributed by atoms with E-state index in [1.54, 1.807) is 0 Å².